The summed E-state index contributed by atoms with van der Waals surface area (Å²) in [4.78, 5) is 11.4. The maximum Gasteiger partial charge on any atom is 0.223 e. The number of piperidine rings is 1. The van der Waals surface area contributed by atoms with Gasteiger partial charge in [0.25, 0.3) is 0 Å². The van der Waals surface area contributed by atoms with Gasteiger partial charge in [0, 0.05) is 36.2 Å². The first kappa shape index (κ1) is 23.2. The molecular weight excluding hydrogens is 455 g/mol. The van der Waals surface area contributed by atoms with Gasteiger partial charge in [0.2, 0.25) is 5.95 Å². The number of anilines is 2. The summed E-state index contributed by atoms with van der Waals surface area (Å²) < 4.78 is 22.6. The molecule has 11 nitrogen and oxygen atoms in total. The number of nitrogen functional groups attached to an aromatic ring is 1. The van der Waals surface area contributed by atoms with Crippen LogP contribution in [0.1, 0.15) is 38.4 Å². The van der Waals surface area contributed by atoms with Crippen molar-refractivity contribution in [3.8, 4) is 5.75 Å². The van der Waals surface area contributed by atoms with Crippen LogP contribution < -0.4 is 15.4 Å². The van der Waals surface area contributed by atoms with Gasteiger partial charge in [0.15, 0.2) is 23.0 Å². The van der Waals surface area contributed by atoms with Crippen molar-refractivity contribution in [1.29, 1.82) is 0 Å². The summed E-state index contributed by atoms with van der Waals surface area (Å²) in [7, 11) is 1.40. The summed E-state index contributed by atoms with van der Waals surface area (Å²) in [5, 5.41) is 29.0. The highest BCUT2D eigenvalue weighted by Gasteiger charge is 2.31. The van der Waals surface area contributed by atoms with Gasteiger partial charge >= 0.3 is 0 Å². The zero-order valence-corrected chi connectivity index (χ0v) is 19.9. The van der Waals surface area contributed by atoms with E-state index in [0.717, 1.165) is 18.5 Å². The van der Waals surface area contributed by atoms with E-state index in [0.29, 0.717) is 28.9 Å². The lowest BCUT2D eigenvalue weighted by molar-refractivity contribution is -0.0145. The lowest BCUT2D eigenvalue weighted by Crippen LogP contribution is -2.41. The molecule has 5 rings (SSSR count). The highest BCUT2D eigenvalue weighted by atomic mass is 19.1. The average Bonchev–Trinajstić information content (AvgIpc) is 3.47. The zero-order chi connectivity index (χ0) is 24.9. The van der Waals surface area contributed by atoms with Crippen LogP contribution in [0, 0.1) is 5.82 Å². The number of halogens is 1. The fourth-order valence-electron chi connectivity index (χ4n) is 4.64. The number of methoxy groups -OCH3 is 1. The Bertz CT molecular complexity index is 1380. The molecule has 4 aromatic rings. The Morgan fingerprint density at radius 2 is 2.09 bits per heavy atom. The Balaban J connectivity index is 1.46. The summed E-state index contributed by atoms with van der Waals surface area (Å²) in [6, 6.07) is 3.12. The molecule has 3 atom stereocenters. The van der Waals surface area contributed by atoms with Crippen molar-refractivity contribution in [1.82, 2.24) is 29.4 Å². The van der Waals surface area contributed by atoms with Crippen LogP contribution in [0.4, 0.5) is 16.0 Å². The van der Waals surface area contributed by atoms with Crippen LogP contribution in [0.5, 0.6) is 5.75 Å². The maximum atomic E-state index is 14.4. The standard InChI is InChI=1S/C23H29FN8O3/c1-13-4-5-14(9-31(13)15-8-26-30(10-15)11-23(2,34)12-33)20-28-21-16-6-17(24)19(35-3)7-18(16)27-22(25)32(21)29-20/h6-8,10,13-14,33-34H,4-5,9,11-12H2,1-3H3,(H2,25,27)/t13-,14+,23-/m0/s1. The molecule has 186 valence electrons. The van der Waals surface area contributed by atoms with Crippen LogP contribution in [0.3, 0.4) is 0 Å². The minimum atomic E-state index is -1.25. The van der Waals surface area contributed by atoms with Crippen molar-refractivity contribution in [2.75, 3.05) is 30.9 Å². The van der Waals surface area contributed by atoms with E-state index in [-0.39, 0.29) is 36.8 Å². The number of ether oxygens (including phenoxy) is 1. The number of aliphatic hydroxyl groups is 2. The monoisotopic (exact) mass is 484 g/mol. The predicted octanol–water partition coefficient (Wildman–Crippen LogP) is 1.72. The van der Waals surface area contributed by atoms with E-state index in [9.17, 15) is 14.6 Å². The van der Waals surface area contributed by atoms with Gasteiger partial charge in [-0.1, -0.05) is 0 Å². The van der Waals surface area contributed by atoms with E-state index in [1.807, 2.05) is 6.20 Å². The first-order valence-electron chi connectivity index (χ1n) is 11.5. The van der Waals surface area contributed by atoms with Crippen molar-refractivity contribution in [3.63, 3.8) is 0 Å². The fraction of sp³-hybridized carbons (Fsp3) is 0.478. The predicted molar refractivity (Wildman–Crippen MR) is 128 cm³/mol. The van der Waals surface area contributed by atoms with Crippen LogP contribution in [0.25, 0.3) is 16.6 Å². The Hall–Kier alpha value is -3.51. The molecule has 0 unspecified atom stereocenters. The molecular formula is C23H29FN8O3. The Morgan fingerprint density at radius 3 is 2.83 bits per heavy atom. The summed E-state index contributed by atoms with van der Waals surface area (Å²) >= 11 is 0. The first-order valence-corrected chi connectivity index (χ1v) is 11.5. The minimum Gasteiger partial charge on any atom is -0.494 e. The highest BCUT2D eigenvalue weighted by Crippen LogP contribution is 2.34. The van der Waals surface area contributed by atoms with Crippen LogP contribution in [-0.2, 0) is 6.54 Å². The van der Waals surface area contributed by atoms with Crippen LogP contribution in [0.2, 0.25) is 0 Å². The van der Waals surface area contributed by atoms with Crippen molar-refractivity contribution in [2.45, 2.75) is 50.8 Å². The highest BCUT2D eigenvalue weighted by molar-refractivity contribution is 5.93. The van der Waals surface area contributed by atoms with Crippen LogP contribution in [-0.4, -0.2) is 71.5 Å². The molecule has 1 aliphatic rings. The number of rotatable bonds is 6. The number of aliphatic hydroxyl groups excluding tert-OH is 1. The van der Waals surface area contributed by atoms with E-state index in [4.69, 9.17) is 15.5 Å². The Labute approximate surface area is 200 Å². The van der Waals surface area contributed by atoms with E-state index in [1.165, 1.54) is 23.8 Å². The first-order chi connectivity index (χ1) is 16.7. The molecule has 0 bridgehead atoms. The number of benzene rings is 1. The topological polar surface area (TPSA) is 140 Å². The number of aromatic nitrogens is 6. The molecule has 1 saturated heterocycles. The molecule has 0 aliphatic carbocycles. The van der Waals surface area contributed by atoms with Gasteiger partial charge in [-0.05, 0) is 32.8 Å². The molecule has 0 spiro atoms. The van der Waals surface area contributed by atoms with Crippen molar-refractivity contribution < 1.29 is 19.3 Å². The lowest BCUT2D eigenvalue weighted by atomic mass is 9.92. The minimum absolute atomic E-state index is 0.0209. The number of nitrogens with zero attached hydrogens (tertiary/aromatic N) is 7. The van der Waals surface area contributed by atoms with Gasteiger partial charge in [-0.3, -0.25) is 4.68 Å². The summed E-state index contributed by atoms with van der Waals surface area (Å²) in [5.74, 6) is 0.389. The molecule has 4 N–H and O–H groups in total. The second kappa shape index (κ2) is 8.61. The summed E-state index contributed by atoms with van der Waals surface area (Å²) in [6.07, 6.45) is 5.43. The average molecular weight is 485 g/mol. The molecule has 0 amide bonds. The fourth-order valence-corrected chi connectivity index (χ4v) is 4.64. The number of nitrogens with two attached hydrogens (primary N) is 1. The van der Waals surface area contributed by atoms with Gasteiger partial charge < -0.3 is 25.6 Å². The SMILES string of the molecule is COc1cc2nc(N)n3nc([C@@H]4CC[C@H](C)N(c5cnn(C[C@](C)(O)CO)c5)C4)nc3c2cc1F. The van der Waals surface area contributed by atoms with Crippen molar-refractivity contribution >= 4 is 28.2 Å². The second-order valence-corrected chi connectivity index (χ2v) is 9.51. The van der Waals surface area contributed by atoms with Gasteiger partial charge in [-0.15, -0.1) is 5.10 Å². The number of fused-ring (bicyclic) bond motifs is 3. The number of hydrogen-bond acceptors (Lipinski definition) is 9. The maximum absolute atomic E-state index is 14.4. The Morgan fingerprint density at radius 1 is 1.29 bits per heavy atom. The second-order valence-electron chi connectivity index (χ2n) is 9.51. The molecule has 0 radical (unpaired) electrons. The molecule has 0 saturated carbocycles. The molecule has 3 aromatic heterocycles. The molecule has 12 heteroatoms. The largest absolute Gasteiger partial charge is 0.494 e. The molecule has 1 fully saturated rings. The Kier molecular flexibility index (Phi) is 5.72. The van der Waals surface area contributed by atoms with E-state index in [1.54, 1.807) is 17.8 Å². The third-order valence-corrected chi connectivity index (χ3v) is 6.63. The smallest absolute Gasteiger partial charge is 0.223 e. The zero-order valence-electron chi connectivity index (χ0n) is 19.9. The van der Waals surface area contributed by atoms with Crippen molar-refractivity contribution in [2.24, 2.45) is 0 Å². The van der Waals surface area contributed by atoms with Crippen molar-refractivity contribution in [3.05, 3.63) is 36.2 Å². The summed E-state index contributed by atoms with van der Waals surface area (Å²) in [6.45, 7) is 4.21. The molecule has 1 aliphatic heterocycles. The number of hydrogen-bond donors (Lipinski definition) is 3. The van der Waals surface area contributed by atoms with E-state index in [2.05, 4.69) is 27.0 Å². The lowest BCUT2D eigenvalue weighted by Gasteiger charge is -2.37. The van der Waals surface area contributed by atoms with E-state index < -0.39 is 11.4 Å². The van der Waals surface area contributed by atoms with Gasteiger partial charge in [0.05, 0.1) is 37.7 Å². The third kappa shape index (κ3) is 4.23. The third-order valence-electron chi connectivity index (χ3n) is 6.63. The van der Waals surface area contributed by atoms with Gasteiger partial charge in [-0.25, -0.2) is 14.4 Å². The summed E-state index contributed by atoms with van der Waals surface area (Å²) in [5.41, 5.74) is 6.76. The molecule has 1 aromatic carbocycles. The van der Waals surface area contributed by atoms with Gasteiger partial charge in [-0.2, -0.15) is 9.61 Å². The van der Waals surface area contributed by atoms with E-state index >= 15 is 0 Å². The van der Waals surface area contributed by atoms with Crippen LogP contribution in [0.15, 0.2) is 24.5 Å². The van der Waals surface area contributed by atoms with Crippen LogP contribution >= 0.6 is 0 Å². The normalized spacial score (nSPS) is 20.5. The molecule has 4 heterocycles. The van der Waals surface area contributed by atoms with Gasteiger partial charge in [0.1, 0.15) is 5.60 Å². The molecule has 35 heavy (non-hydrogen) atoms. The quantitative estimate of drug-likeness (QED) is 0.373.